The lowest BCUT2D eigenvalue weighted by Gasteiger charge is -2.51. The molecule has 0 spiro atoms. The zero-order valence-electron chi connectivity index (χ0n) is 16.7. The Morgan fingerprint density at radius 3 is 2.48 bits per heavy atom. The minimum atomic E-state index is -1.01. The number of nitrogens with one attached hydrogen (secondary N) is 2. The van der Waals surface area contributed by atoms with Crippen LogP contribution in [-0.2, 0) is 25.6 Å². The quantitative estimate of drug-likeness (QED) is 0.411. The van der Waals surface area contributed by atoms with Crippen LogP contribution in [0.4, 0.5) is 9.18 Å². The van der Waals surface area contributed by atoms with Crippen molar-refractivity contribution in [1.82, 2.24) is 20.4 Å². The Morgan fingerprint density at radius 1 is 1.26 bits per heavy atom. The summed E-state index contributed by atoms with van der Waals surface area (Å²) < 4.78 is 14.2. The summed E-state index contributed by atoms with van der Waals surface area (Å²) in [5.74, 6) is -1.34. The van der Waals surface area contributed by atoms with Crippen LogP contribution >= 0.6 is 0 Å². The minimum Gasteiger partial charge on any atom is -0.483 e. The number of likely N-dealkylation sites (tertiary alicyclic amines) is 1. The molecule has 5 amide bonds. The van der Waals surface area contributed by atoms with Gasteiger partial charge in [0.15, 0.2) is 0 Å². The molecular weight excluding hydrogens is 413 g/mol. The van der Waals surface area contributed by atoms with Crippen LogP contribution in [0.3, 0.4) is 0 Å². The second-order valence-electron chi connectivity index (χ2n) is 7.20. The Balaban J connectivity index is 0.00000107. The summed E-state index contributed by atoms with van der Waals surface area (Å²) in [5, 5.41) is 11.8. The molecule has 31 heavy (non-hydrogen) atoms. The maximum Gasteiger partial charge on any atom is 0.312 e. The highest BCUT2D eigenvalue weighted by molar-refractivity contribution is 5.92. The molecular formula is C19H24FN5O6. The smallest absolute Gasteiger partial charge is 0.312 e. The minimum absolute atomic E-state index is 0.0605. The third kappa shape index (κ3) is 5.90. The van der Waals surface area contributed by atoms with E-state index in [4.69, 9.17) is 15.6 Å². The first-order valence-electron chi connectivity index (χ1n) is 9.41. The van der Waals surface area contributed by atoms with Crippen molar-refractivity contribution in [1.29, 1.82) is 0 Å². The van der Waals surface area contributed by atoms with Gasteiger partial charge < -0.3 is 31.3 Å². The number of carbonyl (C=O) groups is 5. The van der Waals surface area contributed by atoms with Gasteiger partial charge in [-0.15, -0.1) is 0 Å². The third-order valence-corrected chi connectivity index (χ3v) is 5.02. The normalized spacial score (nSPS) is 16.7. The average molecular weight is 437 g/mol. The zero-order valence-corrected chi connectivity index (χ0v) is 16.7. The first-order chi connectivity index (χ1) is 14.7. The largest absolute Gasteiger partial charge is 0.483 e. The van der Waals surface area contributed by atoms with Gasteiger partial charge in [0.1, 0.15) is 5.82 Å². The van der Waals surface area contributed by atoms with E-state index in [1.165, 1.54) is 15.9 Å². The maximum atomic E-state index is 14.2. The van der Waals surface area contributed by atoms with E-state index in [9.17, 15) is 23.6 Å². The van der Waals surface area contributed by atoms with Crippen molar-refractivity contribution in [2.45, 2.75) is 6.42 Å². The van der Waals surface area contributed by atoms with Gasteiger partial charge in [-0.3, -0.25) is 19.2 Å². The monoisotopic (exact) mass is 437 g/mol. The molecule has 11 nitrogen and oxygen atoms in total. The number of urea groups is 1. The lowest BCUT2D eigenvalue weighted by atomic mass is 9.73. The fourth-order valence-corrected chi connectivity index (χ4v) is 3.61. The molecule has 0 unspecified atom stereocenters. The van der Waals surface area contributed by atoms with Gasteiger partial charge in [0, 0.05) is 26.2 Å². The fraction of sp³-hybridized carbons (Fsp3) is 0.421. The predicted octanol–water partition coefficient (Wildman–Crippen LogP) is -1.48. The van der Waals surface area contributed by atoms with Crippen molar-refractivity contribution in [3.63, 3.8) is 0 Å². The molecule has 2 heterocycles. The molecule has 0 radical (unpaired) electrons. The summed E-state index contributed by atoms with van der Waals surface area (Å²) in [6.45, 7) is 0.294. The van der Waals surface area contributed by atoms with Crippen LogP contribution in [0.5, 0.6) is 0 Å². The van der Waals surface area contributed by atoms with Crippen molar-refractivity contribution in [2.24, 2.45) is 11.1 Å². The molecule has 2 saturated heterocycles. The topological polar surface area (TPSA) is 162 Å². The summed E-state index contributed by atoms with van der Waals surface area (Å²) in [4.78, 5) is 59.0. The number of hydrogen-bond donors (Lipinski definition) is 4. The summed E-state index contributed by atoms with van der Waals surface area (Å²) in [6.07, 6.45) is 0.115. The maximum absolute atomic E-state index is 14.2. The summed E-state index contributed by atoms with van der Waals surface area (Å²) >= 11 is 0. The number of piperazine rings is 1. The number of primary amides is 1. The predicted molar refractivity (Wildman–Crippen MR) is 105 cm³/mol. The molecule has 5 N–H and O–H groups in total. The van der Waals surface area contributed by atoms with Gasteiger partial charge in [-0.05, 0) is 18.1 Å². The summed E-state index contributed by atoms with van der Waals surface area (Å²) in [5.41, 5.74) is 4.33. The van der Waals surface area contributed by atoms with E-state index >= 15 is 0 Å². The number of nitrogens with zero attached hydrogens (tertiary/aromatic N) is 2. The van der Waals surface area contributed by atoms with Gasteiger partial charge in [0.05, 0.1) is 18.5 Å². The van der Waals surface area contributed by atoms with Gasteiger partial charge in [-0.2, -0.15) is 0 Å². The Labute approximate surface area is 177 Å². The first-order valence-corrected chi connectivity index (χ1v) is 9.41. The van der Waals surface area contributed by atoms with Crippen LogP contribution < -0.4 is 16.4 Å². The molecule has 168 valence electrons. The lowest BCUT2D eigenvalue weighted by Crippen LogP contribution is -2.68. The third-order valence-electron chi connectivity index (χ3n) is 5.02. The Kier molecular flexibility index (Phi) is 7.88. The van der Waals surface area contributed by atoms with Crippen molar-refractivity contribution in [3.05, 3.63) is 35.6 Å². The Bertz CT molecular complexity index is 858. The average Bonchev–Trinajstić information content (AvgIpc) is 2.70. The number of rotatable bonds is 5. The van der Waals surface area contributed by atoms with Gasteiger partial charge in [-0.1, -0.05) is 18.2 Å². The van der Waals surface area contributed by atoms with Crippen LogP contribution in [0.15, 0.2) is 24.3 Å². The van der Waals surface area contributed by atoms with E-state index in [1.807, 2.05) is 0 Å². The molecule has 12 heteroatoms. The Hall–Kier alpha value is -3.70. The number of amides is 5. The van der Waals surface area contributed by atoms with Crippen molar-refractivity contribution >= 4 is 30.2 Å². The number of nitrogens with two attached hydrogens (primary N) is 1. The number of carboxylic acid groups (broad SMARTS) is 1. The van der Waals surface area contributed by atoms with Gasteiger partial charge in [0.25, 0.3) is 6.47 Å². The second kappa shape index (κ2) is 10.4. The van der Waals surface area contributed by atoms with Crippen LogP contribution in [0.2, 0.25) is 0 Å². The van der Waals surface area contributed by atoms with Crippen LogP contribution in [0.1, 0.15) is 5.56 Å². The van der Waals surface area contributed by atoms with Crippen LogP contribution in [0.25, 0.3) is 0 Å². The molecule has 0 saturated carbocycles. The molecule has 3 rings (SSSR count). The number of hydrogen-bond acceptors (Lipinski definition) is 5. The molecule has 0 aliphatic carbocycles. The second-order valence-corrected chi connectivity index (χ2v) is 7.20. The molecule has 2 aliphatic heterocycles. The van der Waals surface area contributed by atoms with Gasteiger partial charge >= 0.3 is 6.03 Å². The highest BCUT2D eigenvalue weighted by Crippen LogP contribution is 2.37. The van der Waals surface area contributed by atoms with E-state index in [2.05, 4.69) is 10.6 Å². The molecule has 1 aromatic carbocycles. The number of halogens is 1. The zero-order chi connectivity index (χ0) is 23.0. The molecule has 2 aliphatic rings. The molecule has 0 atom stereocenters. The van der Waals surface area contributed by atoms with Crippen LogP contribution in [0, 0.1) is 11.2 Å². The summed E-state index contributed by atoms with van der Waals surface area (Å²) in [6, 6.07) is 5.35. The number of benzene rings is 1. The molecule has 0 bridgehead atoms. The number of carbonyl (C=O) groups excluding carboxylic acids is 4. The lowest BCUT2D eigenvalue weighted by molar-refractivity contribution is -0.162. The van der Waals surface area contributed by atoms with E-state index in [0.29, 0.717) is 18.7 Å². The van der Waals surface area contributed by atoms with Crippen molar-refractivity contribution in [2.75, 3.05) is 39.3 Å². The van der Waals surface area contributed by atoms with Crippen molar-refractivity contribution < 1.29 is 33.5 Å². The van der Waals surface area contributed by atoms with Crippen LogP contribution in [-0.4, -0.2) is 84.4 Å². The van der Waals surface area contributed by atoms with E-state index in [0.717, 1.165) is 0 Å². The molecule has 1 aromatic rings. The summed E-state index contributed by atoms with van der Waals surface area (Å²) in [7, 11) is 0. The first kappa shape index (κ1) is 23.6. The Morgan fingerprint density at radius 2 is 1.90 bits per heavy atom. The van der Waals surface area contributed by atoms with Crippen molar-refractivity contribution in [3.8, 4) is 0 Å². The highest BCUT2D eigenvalue weighted by atomic mass is 19.1. The molecule has 0 aromatic heterocycles. The molecule has 2 fully saturated rings. The van der Waals surface area contributed by atoms with E-state index < -0.39 is 17.3 Å². The van der Waals surface area contributed by atoms with E-state index in [-0.39, 0.29) is 56.8 Å². The standard InChI is InChI=1S/C18H22FN5O4.CH2O2/c19-13-4-2-1-3-12(13)7-18(16(27)23-6-5-21-14(25)9-23)10-24(11-18)15(26)8-22-17(20)28;2-1-3/h1-4H,5-11H2,(H,21,25)(H3,20,22,28);1H,(H,2,3). The SMILES string of the molecule is NC(=O)NCC(=O)N1CC(Cc2ccccc2F)(C(=O)N2CCNC(=O)C2)C1.O=CO. The highest BCUT2D eigenvalue weighted by Gasteiger charge is 2.53. The van der Waals surface area contributed by atoms with Gasteiger partial charge in [0.2, 0.25) is 17.7 Å². The van der Waals surface area contributed by atoms with Gasteiger partial charge in [-0.25, -0.2) is 9.18 Å². The fourth-order valence-electron chi connectivity index (χ4n) is 3.61. The van der Waals surface area contributed by atoms with E-state index in [1.54, 1.807) is 18.2 Å².